The summed E-state index contributed by atoms with van der Waals surface area (Å²) < 4.78 is 7.36. The molecule has 1 aromatic heterocycles. The van der Waals surface area contributed by atoms with Crippen LogP contribution in [0, 0.1) is 10.1 Å². The first-order valence-corrected chi connectivity index (χ1v) is 9.22. The number of hydrogen-bond acceptors (Lipinski definition) is 6. The van der Waals surface area contributed by atoms with Crippen LogP contribution in [0.4, 0.5) is 0 Å². The number of ether oxygens (including phenoxy) is 1. The lowest BCUT2D eigenvalue weighted by Gasteiger charge is -2.10. The molecule has 0 fully saturated rings. The number of hydrogen-bond donors (Lipinski definition) is 0. The Labute approximate surface area is 147 Å². The number of thiazole rings is 1. The summed E-state index contributed by atoms with van der Waals surface area (Å²) in [5, 5.41) is 10.8. The van der Waals surface area contributed by atoms with Gasteiger partial charge in [0.1, 0.15) is 11.0 Å². The van der Waals surface area contributed by atoms with Gasteiger partial charge < -0.3 is 4.74 Å². The molecule has 7 heteroatoms. The third-order valence-corrected chi connectivity index (χ3v) is 5.73. The maximum atomic E-state index is 11.0. The van der Waals surface area contributed by atoms with Gasteiger partial charge in [-0.2, -0.15) is 0 Å². The average molecular weight is 360 g/mol. The Morgan fingerprint density at radius 2 is 2.08 bits per heavy atom. The van der Waals surface area contributed by atoms with Crippen LogP contribution in [0.1, 0.15) is 17.7 Å². The lowest BCUT2D eigenvalue weighted by molar-refractivity contribution is -0.479. The maximum absolute atomic E-state index is 11.0. The van der Waals surface area contributed by atoms with E-state index in [0.29, 0.717) is 6.61 Å². The van der Waals surface area contributed by atoms with E-state index < -0.39 is 0 Å². The molecule has 124 valence electrons. The molecule has 0 radical (unpaired) electrons. The van der Waals surface area contributed by atoms with Gasteiger partial charge in [-0.3, -0.25) is 10.1 Å². The summed E-state index contributed by atoms with van der Waals surface area (Å²) in [4.78, 5) is 15.3. The predicted molar refractivity (Wildman–Crippen MR) is 97.7 cm³/mol. The topological polar surface area (TPSA) is 65.3 Å². The number of rotatable bonds is 7. The summed E-state index contributed by atoms with van der Waals surface area (Å²) in [6, 6.07) is 15.3. The van der Waals surface area contributed by atoms with E-state index in [1.54, 1.807) is 0 Å². The van der Waals surface area contributed by atoms with E-state index >= 15 is 0 Å². The summed E-state index contributed by atoms with van der Waals surface area (Å²) >= 11 is 2.98. The van der Waals surface area contributed by atoms with Crippen molar-refractivity contribution in [2.45, 2.75) is 16.5 Å². The molecule has 3 aromatic rings. The summed E-state index contributed by atoms with van der Waals surface area (Å²) in [7, 11) is 0. The van der Waals surface area contributed by atoms with Crippen LogP contribution in [-0.4, -0.2) is 23.1 Å². The molecule has 1 atom stereocenters. The first-order chi connectivity index (χ1) is 11.7. The van der Waals surface area contributed by atoms with Crippen LogP contribution in [0.2, 0.25) is 0 Å². The fourth-order valence-corrected chi connectivity index (χ4v) is 4.75. The predicted octanol–water partition coefficient (Wildman–Crippen LogP) is 4.81. The van der Waals surface area contributed by atoms with Gasteiger partial charge in [0.15, 0.2) is 4.34 Å². The molecule has 0 N–H and O–H groups in total. The standard InChI is InChI=1S/C17H16N2O3S2/c1-2-22-13-8-9-14-15(10-13)23-17(18-14)24-16(11-19(20)21)12-6-4-3-5-7-12/h3-10,16H,2,11H2,1H3/t16-/m1/s1. The second kappa shape index (κ2) is 7.63. The molecule has 0 unspecified atom stereocenters. The summed E-state index contributed by atoms with van der Waals surface area (Å²) in [6.45, 7) is 2.43. The average Bonchev–Trinajstić information content (AvgIpc) is 2.96. The number of nitro groups is 1. The minimum absolute atomic E-state index is 0.130. The van der Waals surface area contributed by atoms with Crippen molar-refractivity contribution in [1.82, 2.24) is 4.98 Å². The molecule has 0 saturated heterocycles. The molecular formula is C17H16N2O3S2. The van der Waals surface area contributed by atoms with E-state index in [2.05, 4.69) is 4.98 Å². The Morgan fingerprint density at radius 3 is 2.79 bits per heavy atom. The molecular weight excluding hydrogens is 344 g/mol. The van der Waals surface area contributed by atoms with Gasteiger partial charge in [-0.1, -0.05) is 42.1 Å². The Hall–Kier alpha value is -2.12. The molecule has 0 amide bonds. The molecule has 0 aliphatic rings. The third kappa shape index (κ3) is 4.04. The number of aromatic nitrogens is 1. The number of nitrogens with zero attached hydrogens (tertiary/aromatic N) is 2. The van der Waals surface area contributed by atoms with Crippen molar-refractivity contribution >= 4 is 33.3 Å². The van der Waals surface area contributed by atoms with Crippen molar-refractivity contribution < 1.29 is 9.66 Å². The van der Waals surface area contributed by atoms with Gasteiger partial charge in [0.25, 0.3) is 0 Å². The van der Waals surface area contributed by atoms with Crippen molar-refractivity contribution in [1.29, 1.82) is 0 Å². The molecule has 0 bridgehead atoms. The first kappa shape index (κ1) is 16.7. The number of fused-ring (bicyclic) bond motifs is 1. The fraction of sp³-hybridized carbons (Fsp3) is 0.235. The number of thioether (sulfide) groups is 1. The van der Waals surface area contributed by atoms with Gasteiger partial charge in [-0.05, 0) is 30.7 Å². The Balaban J connectivity index is 1.86. The highest BCUT2D eigenvalue weighted by Gasteiger charge is 2.21. The largest absolute Gasteiger partial charge is 0.494 e. The highest BCUT2D eigenvalue weighted by Crippen LogP contribution is 2.40. The summed E-state index contributed by atoms with van der Waals surface area (Å²) in [5.74, 6) is 0.815. The Bertz CT molecular complexity index is 836. The third-order valence-electron chi connectivity index (χ3n) is 3.38. The zero-order chi connectivity index (χ0) is 16.9. The highest BCUT2D eigenvalue weighted by atomic mass is 32.2. The van der Waals surface area contributed by atoms with Gasteiger partial charge in [-0.25, -0.2) is 4.98 Å². The van der Waals surface area contributed by atoms with Crippen molar-refractivity contribution in [3.8, 4) is 5.75 Å². The van der Waals surface area contributed by atoms with Crippen LogP contribution < -0.4 is 4.74 Å². The normalized spacial score (nSPS) is 12.2. The molecule has 0 aliphatic carbocycles. The minimum atomic E-state index is -0.273. The monoisotopic (exact) mass is 360 g/mol. The highest BCUT2D eigenvalue weighted by molar-refractivity contribution is 8.01. The van der Waals surface area contributed by atoms with Crippen molar-refractivity contribution in [3.05, 3.63) is 64.2 Å². The quantitative estimate of drug-likeness (QED) is 0.344. The van der Waals surface area contributed by atoms with Crippen LogP contribution in [0.5, 0.6) is 5.75 Å². The number of benzene rings is 2. The second-order valence-electron chi connectivity index (χ2n) is 5.07. The van der Waals surface area contributed by atoms with Gasteiger partial charge in [-0.15, -0.1) is 11.3 Å². The smallest absolute Gasteiger partial charge is 0.220 e. The Morgan fingerprint density at radius 1 is 1.29 bits per heavy atom. The van der Waals surface area contributed by atoms with Crippen LogP contribution >= 0.6 is 23.1 Å². The second-order valence-corrected chi connectivity index (χ2v) is 7.56. The molecule has 0 aliphatic heterocycles. The fourth-order valence-electron chi connectivity index (χ4n) is 2.33. The molecule has 5 nitrogen and oxygen atoms in total. The van der Waals surface area contributed by atoms with Gasteiger partial charge >= 0.3 is 0 Å². The molecule has 3 rings (SSSR count). The van der Waals surface area contributed by atoms with Crippen molar-refractivity contribution in [2.24, 2.45) is 0 Å². The molecule has 0 spiro atoms. The van der Waals surface area contributed by atoms with Crippen molar-refractivity contribution in [3.63, 3.8) is 0 Å². The Kier molecular flexibility index (Phi) is 5.32. The van der Waals surface area contributed by atoms with E-state index in [-0.39, 0.29) is 16.7 Å². The summed E-state index contributed by atoms with van der Waals surface area (Å²) in [6.07, 6.45) is 0. The van der Waals surface area contributed by atoms with E-state index in [0.717, 1.165) is 25.9 Å². The van der Waals surface area contributed by atoms with Crippen LogP contribution in [0.15, 0.2) is 52.9 Å². The van der Waals surface area contributed by atoms with E-state index in [4.69, 9.17) is 4.74 Å². The van der Waals surface area contributed by atoms with E-state index in [1.807, 2.05) is 55.5 Å². The lowest BCUT2D eigenvalue weighted by atomic mass is 10.1. The molecule has 1 heterocycles. The van der Waals surface area contributed by atoms with Crippen LogP contribution in [0.25, 0.3) is 10.2 Å². The van der Waals surface area contributed by atoms with Gasteiger partial charge in [0, 0.05) is 4.92 Å². The van der Waals surface area contributed by atoms with Crippen molar-refractivity contribution in [2.75, 3.05) is 13.2 Å². The van der Waals surface area contributed by atoms with Crippen LogP contribution in [0.3, 0.4) is 0 Å². The van der Waals surface area contributed by atoms with Gasteiger partial charge in [0.2, 0.25) is 6.54 Å². The van der Waals surface area contributed by atoms with Crippen LogP contribution in [-0.2, 0) is 0 Å². The SMILES string of the molecule is CCOc1ccc2nc(S[C@H](C[N+](=O)[O-])c3ccccc3)sc2c1. The van der Waals surface area contributed by atoms with Gasteiger partial charge in [0.05, 0.1) is 16.8 Å². The van der Waals surface area contributed by atoms with E-state index in [1.165, 1.54) is 23.1 Å². The maximum Gasteiger partial charge on any atom is 0.220 e. The molecule has 0 saturated carbocycles. The lowest BCUT2D eigenvalue weighted by Crippen LogP contribution is -2.09. The first-order valence-electron chi connectivity index (χ1n) is 7.52. The molecule has 2 aromatic carbocycles. The zero-order valence-corrected chi connectivity index (χ0v) is 14.7. The molecule has 24 heavy (non-hydrogen) atoms. The minimum Gasteiger partial charge on any atom is -0.494 e. The zero-order valence-electron chi connectivity index (χ0n) is 13.0. The van der Waals surface area contributed by atoms with E-state index in [9.17, 15) is 10.1 Å². The summed E-state index contributed by atoms with van der Waals surface area (Å²) in [5.41, 5.74) is 1.83.